The first-order valence-electron chi connectivity index (χ1n) is 11.8. The van der Waals surface area contributed by atoms with Crippen LogP contribution in [0.2, 0.25) is 0 Å². The first-order chi connectivity index (χ1) is 18.5. The number of nitrogens with zero attached hydrogens (tertiary/aromatic N) is 4. The molecule has 10 nitrogen and oxygen atoms in total. The second-order valence-corrected chi connectivity index (χ2v) is 9.39. The van der Waals surface area contributed by atoms with Crippen molar-refractivity contribution in [1.29, 1.82) is 0 Å². The fourth-order valence-corrected chi connectivity index (χ4v) is 4.47. The van der Waals surface area contributed by atoms with E-state index in [9.17, 15) is 4.79 Å². The number of carbonyl (C=O) groups excluding carboxylic acids is 1. The molecule has 0 bridgehead atoms. The lowest BCUT2D eigenvalue weighted by Crippen LogP contribution is -2.49. The zero-order valence-corrected chi connectivity index (χ0v) is 22.2. The minimum Gasteiger partial charge on any atom is -0.494 e. The van der Waals surface area contributed by atoms with Crippen LogP contribution in [0.25, 0.3) is 10.4 Å². The molecule has 0 spiro atoms. The number of amides is 1. The average Bonchev–Trinajstić information content (AvgIpc) is 3.31. The SMILES string of the molecule is CONC(=O)[C@@]1(Cc2ccc(Br)cc2)N=C(c2ccc(OCCCO)cc2)O[C@H]1c1ccccc1N=[N+]=[N-]. The minimum absolute atomic E-state index is 0.0471. The van der Waals surface area contributed by atoms with Crippen molar-refractivity contribution in [3.63, 3.8) is 0 Å². The van der Waals surface area contributed by atoms with E-state index in [-0.39, 0.29) is 18.9 Å². The van der Waals surface area contributed by atoms with E-state index < -0.39 is 17.6 Å². The van der Waals surface area contributed by atoms with Crippen LogP contribution in [0.4, 0.5) is 5.69 Å². The van der Waals surface area contributed by atoms with E-state index >= 15 is 0 Å². The van der Waals surface area contributed by atoms with Crippen molar-refractivity contribution in [2.75, 3.05) is 20.3 Å². The number of hydrogen-bond donors (Lipinski definition) is 2. The van der Waals surface area contributed by atoms with Gasteiger partial charge in [-0.05, 0) is 47.5 Å². The number of carbonyl (C=O) groups is 1. The fraction of sp³-hybridized carbons (Fsp3) is 0.259. The highest BCUT2D eigenvalue weighted by Crippen LogP contribution is 2.45. The van der Waals surface area contributed by atoms with Crippen LogP contribution in [0.5, 0.6) is 5.75 Å². The van der Waals surface area contributed by atoms with Crippen LogP contribution < -0.4 is 10.2 Å². The molecule has 0 saturated heterocycles. The van der Waals surface area contributed by atoms with Crippen molar-refractivity contribution in [2.24, 2.45) is 10.1 Å². The maximum Gasteiger partial charge on any atom is 0.276 e. The second kappa shape index (κ2) is 12.6. The molecule has 11 heteroatoms. The van der Waals surface area contributed by atoms with Crippen LogP contribution in [0.1, 0.15) is 29.2 Å². The third-order valence-electron chi connectivity index (χ3n) is 5.98. The summed E-state index contributed by atoms with van der Waals surface area (Å²) in [6.45, 7) is 0.435. The highest BCUT2D eigenvalue weighted by molar-refractivity contribution is 9.10. The Kier molecular flexibility index (Phi) is 8.98. The monoisotopic (exact) mass is 579 g/mol. The van der Waals surface area contributed by atoms with Crippen LogP contribution in [0.15, 0.2) is 87.4 Å². The summed E-state index contributed by atoms with van der Waals surface area (Å²) in [6.07, 6.45) is -0.230. The van der Waals surface area contributed by atoms with Crippen molar-refractivity contribution in [3.05, 3.63) is 104 Å². The standard InChI is InChI=1S/C27H26BrN5O5/c1-36-32-26(35)27(17-18-7-11-20(28)12-8-18)24(22-5-2-3-6-23(22)31-33-29)38-25(30-27)19-9-13-21(14-10-19)37-16-4-15-34/h2-3,5-14,24,34H,4,15-17H2,1H3,(H,32,35)/t24-,27-/m0/s1. The third kappa shape index (κ3) is 5.98. The predicted octanol–water partition coefficient (Wildman–Crippen LogP) is 5.33. The largest absolute Gasteiger partial charge is 0.494 e. The lowest BCUT2D eigenvalue weighted by molar-refractivity contribution is -0.139. The number of nitrogens with one attached hydrogen (secondary N) is 1. The van der Waals surface area contributed by atoms with E-state index in [0.717, 1.165) is 10.0 Å². The summed E-state index contributed by atoms with van der Waals surface area (Å²) in [7, 11) is 1.35. The summed E-state index contributed by atoms with van der Waals surface area (Å²) in [5.74, 6) is 0.364. The molecular formula is C27H26BrN5O5. The van der Waals surface area contributed by atoms with E-state index in [1.807, 2.05) is 24.3 Å². The summed E-state index contributed by atoms with van der Waals surface area (Å²) in [5.41, 5.74) is 12.4. The number of benzene rings is 3. The van der Waals surface area contributed by atoms with Gasteiger partial charge in [-0.1, -0.05) is 57.4 Å². The molecule has 2 atom stereocenters. The molecule has 1 aliphatic rings. The molecule has 3 aromatic rings. The Morgan fingerprint density at radius 2 is 1.92 bits per heavy atom. The van der Waals surface area contributed by atoms with Gasteiger partial charge in [-0.25, -0.2) is 10.5 Å². The van der Waals surface area contributed by atoms with E-state index in [4.69, 9.17) is 29.9 Å². The zero-order valence-electron chi connectivity index (χ0n) is 20.6. The summed E-state index contributed by atoms with van der Waals surface area (Å²) in [4.78, 5) is 26.5. The Balaban J connectivity index is 1.82. The number of aliphatic imine (C=N–C) groups is 1. The van der Waals surface area contributed by atoms with Gasteiger partial charge in [-0.15, -0.1) is 0 Å². The molecule has 196 valence electrons. The molecule has 0 radical (unpaired) electrons. The molecule has 0 saturated carbocycles. The average molecular weight is 580 g/mol. The Morgan fingerprint density at radius 1 is 1.18 bits per heavy atom. The van der Waals surface area contributed by atoms with Gasteiger partial charge in [-0.3, -0.25) is 9.63 Å². The van der Waals surface area contributed by atoms with Gasteiger partial charge in [0.2, 0.25) is 5.90 Å². The van der Waals surface area contributed by atoms with E-state index in [1.54, 1.807) is 48.5 Å². The fourth-order valence-electron chi connectivity index (χ4n) is 4.20. The van der Waals surface area contributed by atoms with Crippen molar-refractivity contribution < 1.29 is 24.2 Å². The summed E-state index contributed by atoms with van der Waals surface area (Å²) in [5, 5.41) is 12.8. The van der Waals surface area contributed by atoms with E-state index in [2.05, 4.69) is 31.4 Å². The van der Waals surface area contributed by atoms with Gasteiger partial charge in [0.25, 0.3) is 5.91 Å². The summed E-state index contributed by atoms with van der Waals surface area (Å²) >= 11 is 3.45. The van der Waals surface area contributed by atoms with Crippen molar-refractivity contribution in [1.82, 2.24) is 5.48 Å². The second-order valence-electron chi connectivity index (χ2n) is 8.48. The number of aliphatic hydroxyl groups excluding tert-OH is 1. The molecular weight excluding hydrogens is 554 g/mol. The normalized spacial score (nSPS) is 18.2. The number of hydroxylamine groups is 1. The van der Waals surface area contributed by atoms with Crippen LogP contribution in [0.3, 0.4) is 0 Å². The van der Waals surface area contributed by atoms with Gasteiger partial charge in [0.1, 0.15) is 5.75 Å². The summed E-state index contributed by atoms with van der Waals surface area (Å²) in [6, 6.07) is 21.6. The topological polar surface area (TPSA) is 138 Å². The molecule has 0 aromatic heterocycles. The van der Waals surface area contributed by atoms with E-state index in [1.165, 1.54) is 7.11 Å². The van der Waals surface area contributed by atoms with Gasteiger partial charge in [-0.2, -0.15) is 0 Å². The number of azide groups is 1. The predicted molar refractivity (Wildman–Crippen MR) is 145 cm³/mol. The zero-order chi connectivity index (χ0) is 27.0. The maximum absolute atomic E-state index is 13.7. The minimum atomic E-state index is -1.49. The molecule has 1 heterocycles. The van der Waals surface area contributed by atoms with Gasteiger partial charge >= 0.3 is 0 Å². The molecule has 0 unspecified atom stereocenters. The molecule has 4 rings (SSSR count). The molecule has 1 aliphatic heterocycles. The molecule has 0 aliphatic carbocycles. The number of aliphatic hydroxyl groups is 1. The first kappa shape index (κ1) is 27.2. The molecule has 2 N–H and O–H groups in total. The number of rotatable bonds is 11. The third-order valence-corrected chi connectivity index (χ3v) is 6.51. The van der Waals surface area contributed by atoms with Gasteiger partial charge < -0.3 is 14.6 Å². The Bertz CT molecular complexity index is 1340. The van der Waals surface area contributed by atoms with Gasteiger partial charge in [0.05, 0.1) is 13.7 Å². The maximum atomic E-state index is 13.7. The van der Waals surface area contributed by atoms with E-state index in [0.29, 0.717) is 35.6 Å². The van der Waals surface area contributed by atoms with Crippen molar-refractivity contribution in [2.45, 2.75) is 24.5 Å². The lowest BCUT2D eigenvalue weighted by atomic mass is 9.81. The Hall–Kier alpha value is -3.89. The summed E-state index contributed by atoms with van der Waals surface area (Å²) < 4.78 is 12.9. The number of hydrogen-bond acceptors (Lipinski definition) is 7. The molecule has 3 aromatic carbocycles. The number of halogens is 1. The smallest absolute Gasteiger partial charge is 0.276 e. The Labute approximate surface area is 228 Å². The van der Waals surface area contributed by atoms with Crippen LogP contribution >= 0.6 is 15.9 Å². The van der Waals surface area contributed by atoms with Crippen LogP contribution in [0, 0.1) is 0 Å². The van der Waals surface area contributed by atoms with Crippen LogP contribution in [-0.4, -0.2) is 42.8 Å². The highest BCUT2D eigenvalue weighted by atomic mass is 79.9. The molecule has 0 fully saturated rings. The van der Waals surface area contributed by atoms with Crippen molar-refractivity contribution >= 4 is 33.4 Å². The lowest BCUT2D eigenvalue weighted by Gasteiger charge is -2.31. The van der Waals surface area contributed by atoms with Crippen LogP contribution in [-0.2, 0) is 20.8 Å². The molecule has 38 heavy (non-hydrogen) atoms. The molecule has 1 amide bonds. The van der Waals surface area contributed by atoms with Gasteiger partial charge in [0, 0.05) is 45.6 Å². The van der Waals surface area contributed by atoms with Crippen molar-refractivity contribution in [3.8, 4) is 5.75 Å². The first-order valence-corrected chi connectivity index (χ1v) is 12.6. The quantitative estimate of drug-likeness (QED) is 0.104. The highest BCUT2D eigenvalue weighted by Gasteiger charge is 2.54. The van der Waals surface area contributed by atoms with Gasteiger partial charge in [0.15, 0.2) is 11.6 Å². The Morgan fingerprint density at radius 3 is 2.61 bits per heavy atom. The number of ether oxygens (including phenoxy) is 2.